The zero-order chi connectivity index (χ0) is 19.8. The summed E-state index contributed by atoms with van der Waals surface area (Å²) in [5, 5.41) is 7.14. The number of rotatable bonds is 0. The first-order valence-electron chi connectivity index (χ1n) is 11.4. The Balaban J connectivity index is 1.83. The number of hydrogen-bond acceptors (Lipinski definition) is 3. The van der Waals surface area contributed by atoms with E-state index in [2.05, 4.69) is 45.3 Å². The summed E-state index contributed by atoms with van der Waals surface area (Å²) in [5.74, 6) is 0.253. The van der Waals surface area contributed by atoms with Gasteiger partial charge in [-0.15, -0.1) is 0 Å². The molecule has 2 spiro atoms. The molecule has 2 aliphatic heterocycles. The fourth-order valence-corrected chi connectivity index (χ4v) is 5.96. The molecule has 1 amide bonds. The lowest BCUT2D eigenvalue weighted by molar-refractivity contribution is -0.185. The Labute approximate surface area is 166 Å². The van der Waals surface area contributed by atoms with Gasteiger partial charge in [-0.1, -0.05) is 51.9 Å². The van der Waals surface area contributed by atoms with Gasteiger partial charge >= 0.3 is 0 Å². The van der Waals surface area contributed by atoms with Gasteiger partial charge in [-0.2, -0.15) is 0 Å². The molecule has 0 aromatic heterocycles. The van der Waals surface area contributed by atoms with Gasteiger partial charge in [0.15, 0.2) is 5.60 Å². The van der Waals surface area contributed by atoms with Crippen molar-refractivity contribution in [2.45, 2.75) is 134 Å². The molecule has 27 heavy (non-hydrogen) atoms. The second-order valence-corrected chi connectivity index (χ2v) is 10.8. The summed E-state index contributed by atoms with van der Waals surface area (Å²) in [7, 11) is 0. The van der Waals surface area contributed by atoms with E-state index in [1.165, 1.54) is 44.9 Å². The first-order valence-corrected chi connectivity index (χ1v) is 11.4. The van der Waals surface area contributed by atoms with Gasteiger partial charge in [-0.25, -0.2) is 0 Å². The van der Waals surface area contributed by atoms with Crippen LogP contribution >= 0.6 is 0 Å². The van der Waals surface area contributed by atoms with E-state index in [1.54, 1.807) is 0 Å². The lowest BCUT2D eigenvalue weighted by Gasteiger charge is -2.54. The summed E-state index contributed by atoms with van der Waals surface area (Å²) in [6, 6.07) is 0. The van der Waals surface area contributed by atoms with Crippen LogP contribution in [-0.2, 0) is 9.53 Å². The predicted molar refractivity (Wildman–Crippen MR) is 111 cm³/mol. The number of nitrogens with one attached hydrogen (secondary N) is 2. The third-order valence-electron chi connectivity index (χ3n) is 7.41. The Morgan fingerprint density at radius 1 is 0.852 bits per heavy atom. The molecule has 3 rings (SSSR count). The van der Waals surface area contributed by atoms with Crippen LogP contribution < -0.4 is 10.6 Å². The molecule has 2 heterocycles. The zero-order valence-corrected chi connectivity index (χ0v) is 18.4. The number of carbonyl (C=O) groups excluding carboxylic acids is 1. The molecule has 2 saturated heterocycles. The maximum Gasteiger partial charge on any atom is 0.254 e. The molecule has 2 unspecified atom stereocenters. The first-order chi connectivity index (χ1) is 12.6. The summed E-state index contributed by atoms with van der Waals surface area (Å²) in [5.41, 5.74) is -1.43. The molecule has 3 aliphatic rings. The Hall–Kier alpha value is -0.610. The maximum atomic E-state index is 13.4. The molecule has 4 heteroatoms. The molecule has 0 bridgehead atoms. The van der Waals surface area contributed by atoms with Crippen LogP contribution in [0.5, 0.6) is 0 Å². The average Bonchev–Trinajstić information content (AvgIpc) is 2.80. The Morgan fingerprint density at radius 2 is 1.33 bits per heavy atom. The van der Waals surface area contributed by atoms with E-state index in [0.29, 0.717) is 0 Å². The lowest BCUT2D eigenvalue weighted by atomic mass is 9.65. The van der Waals surface area contributed by atoms with Crippen LogP contribution in [0.3, 0.4) is 0 Å². The summed E-state index contributed by atoms with van der Waals surface area (Å²) in [6.07, 6.45) is 14.2. The second-order valence-electron chi connectivity index (χ2n) is 10.8. The molecule has 0 radical (unpaired) electrons. The molecule has 2 N–H and O–H groups in total. The predicted octanol–water partition coefficient (Wildman–Crippen LogP) is 5.06. The van der Waals surface area contributed by atoms with Crippen molar-refractivity contribution < 1.29 is 9.53 Å². The Bertz CT molecular complexity index is 530. The van der Waals surface area contributed by atoms with E-state index in [9.17, 15) is 4.79 Å². The van der Waals surface area contributed by atoms with E-state index in [1.807, 2.05) is 0 Å². The summed E-state index contributed by atoms with van der Waals surface area (Å²) in [6.45, 7) is 11.0. The number of amides is 1. The number of hydrogen-bond donors (Lipinski definition) is 2. The highest BCUT2D eigenvalue weighted by atomic mass is 16.6. The smallest absolute Gasteiger partial charge is 0.254 e. The van der Waals surface area contributed by atoms with Crippen LogP contribution in [-0.4, -0.2) is 28.3 Å². The van der Waals surface area contributed by atoms with Crippen LogP contribution in [0.1, 0.15) is 112 Å². The monoisotopic (exact) mass is 378 g/mol. The maximum absolute atomic E-state index is 13.4. The van der Waals surface area contributed by atoms with E-state index >= 15 is 0 Å². The third kappa shape index (κ3) is 4.37. The van der Waals surface area contributed by atoms with Crippen molar-refractivity contribution >= 4 is 5.91 Å². The van der Waals surface area contributed by atoms with E-state index in [-0.39, 0.29) is 22.9 Å². The van der Waals surface area contributed by atoms with Gasteiger partial charge in [0.1, 0.15) is 5.72 Å². The molecule has 3 fully saturated rings. The Morgan fingerprint density at radius 3 is 1.85 bits per heavy atom. The highest BCUT2D eigenvalue weighted by molar-refractivity contribution is 5.88. The fourth-order valence-electron chi connectivity index (χ4n) is 5.96. The van der Waals surface area contributed by atoms with Gasteiger partial charge in [-0.05, 0) is 53.4 Å². The average molecular weight is 379 g/mol. The highest BCUT2D eigenvalue weighted by Crippen LogP contribution is 2.49. The standard InChI is InChI=1S/C23H42N2O2/c1-18-21(4,5)25-20(2,3)17-23(18)19(26)24-22(27-23)15-13-11-9-7-6-8-10-12-14-16-22/h18,25H,6-17H2,1-5H3,(H,24,26). The molecular weight excluding hydrogens is 336 g/mol. The highest BCUT2D eigenvalue weighted by Gasteiger charge is 2.64. The van der Waals surface area contributed by atoms with E-state index in [4.69, 9.17) is 4.74 Å². The molecule has 4 nitrogen and oxygen atoms in total. The minimum absolute atomic E-state index is 0.121. The van der Waals surface area contributed by atoms with Crippen molar-refractivity contribution in [3.63, 3.8) is 0 Å². The van der Waals surface area contributed by atoms with Crippen LogP contribution in [0.4, 0.5) is 0 Å². The lowest BCUT2D eigenvalue weighted by Crippen LogP contribution is -2.70. The van der Waals surface area contributed by atoms with Crippen LogP contribution in [0.25, 0.3) is 0 Å². The van der Waals surface area contributed by atoms with Crippen molar-refractivity contribution in [2.24, 2.45) is 5.92 Å². The molecule has 0 aromatic rings. The zero-order valence-electron chi connectivity index (χ0n) is 18.4. The van der Waals surface area contributed by atoms with Gasteiger partial charge < -0.3 is 15.4 Å². The minimum Gasteiger partial charge on any atom is -0.339 e. The fraction of sp³-hybridized carbons (Fsp3) is 0.957. The third-order valence-corrected chi connectivity index (χ3v) is 7.41. The van der Waals surface area contributed by atoms with Gasteiger partial charge in [0.25, 0.3) is 5.91 Å². The Kier molecular flexibility index (Phi) is 5.99. The van der Waals surface area contributed by atoms with Crippen LogP contribution in [0, 0.1) is 5.92 Å². The normalized spacial score (nSPS) is 36.8. The van der Waals surface area contributed by atoms with Crippen LogP contribution in [0.2, 0.25) is 0 Å². The van der Waals surface area contributed by atoms with Crippen molar-refractivity contribution in [3.8, 4) is 0 Å². The molecule has 0 aromatic carbocycles. The molecule has 156 valence electrons. The summed E-state index contributed by atoms with van der Waals surface area (Å²) >= 11 is 0. The number of piperidine rings is 1. The molecule has 2 atom stereocenters. The van der Waals surface area contributed by atoms with Crippen molar-refractivity contribution in [1.82, 2.24) is 10.6 Å². The van der Waals surface area contributed by atoms with Crippen molar-refractivity contribution in [3.05, 3.63) is 0 Å². The summed E-state index contributed by atoms with van der Waals surface area (Å²) < 4.78 is 6.92. The number of carbonyl (C=O) groups is 1. The minimum atomic E-state index is -0.713. The van der Waals surface area contributed by atoms with Gasteiger partial charge in [0.05, 0.1) is 0 Å². The van der Waals surface area contributed by atoms with Gasteiger partial charge in [0.2, 0.25) is 0 Å². The quantitative estimate of drug-likeness (QED) is 0.619. The topological polar surface area (TPSA) is 50.4 Å². The first kappa shape index (κ1) is 21.1. The van der Waals surface area contributed by atoms with Crippen molar-refractivity contribution in [1.29, 1.82) is 0 Å². The van der Waals surface area contributed by atoms with Crippen LogP contribution in [0.15, 0.2) is 0 Å². The van der Waals surface area contributed by atoms with Gasteiger partial charge in [-0.3, -0.25) is 4.79 Å². The SMILES string of the molecule is CC1C(C)(C)NC(C)(C)CC12OC1(CCCCCCCCCCC1)NC2=O. The second kappa shape index (κ2) is 7.67. The number of ether oxygens (including phenoxy) is 1. The van der Waals surface area contributed by atoms with E-state index < -0.39 is 11.3 Å². The van der Waals surface area contributed by atoms with Gasteiger partial charge in [0, 0.05) is 23.4 Å². The molecular formula is C23H42N2O2. The largest absolute Gasteiger partial charge is 0.339 e. The van der Waals surface area contributed by atoms with Crippen molar-refractivity contribution in [2.75, 3.05) is 0 Å². The van der Waals surface area contributed by atoms with E-state index in [0.717, 1.165) is 32.1 Å². The molecule has 1 aliphatic carbocycles. The molecule has 1 saturated carbocycles. The summed E-state index contributed by atoms with van der Waals surface area (Å²) in [4.78, 5) is 13.4.